The Morgan fingerprint density at radius 2 is 2.10 bits per heavy atom. The minimum absolute atomic E-state index is 0.0868. The Kier molecular flexibility index (Phi) is 6.21. The summed E-state index contributed by atoms with van der Waals surface area (Å²) in [5.41, 5.74) is 0.657. The second-order valence-corrected chi connectivity index (χ2v) is 5.61. The molecule has 4 heteroatoms. The van der Waals surface area contributed by atoms with Gasteiger partial charge in [-0.3, -0.25) is 9.69 Å². The number of rotatable bonds is 10. The molecule has 0 bridgehead atoms. The van der Waals surface area contributed by atoms with E-state index in [-0.39, 0.29) is 5.78 Å². The third kappa shape index (κ3) is 5.48. The number of para-hydroxylation sites is 1. The van der Waals surface area contributed by atoms with Gasteiger partial charge in [0.2, 0.25) is 0 Å². The summed E-state index contributed by atoms with van der Waals surface area (Å²) in [5, 5.41) is 0. The molecule has 21 heavy (non-hydrogen) atoms. The van der Waals surface area contributed by atoms with Crippen molar-refractivity contribution in [1.29, 1.82) is 0 Å². The summed E-state index contributed by atoms with van der Waals surface area (Å²) in [5.74, 6) is 1.54. The van der Waals surface area contributed by atoms with Gasteiger partial charge in [-0.15, -0.1) is 0 Å². The van der Waals surface area contributed by atoms with Gasteiger partial charge in [0.25, 0.3) is 0 Å². The zero-order chi connectivity index (χ0) is 15.1. The molecule has 0 unspecified atom stereocenters. The highest BCUT2D eigenvalue weighted by molar-refractivity contribution is 6.00. The summed E-state index contributed by atoms with van der Waals surface area (Å²) < 4.78 is 11.1. The zero-order valence-corrected chi connectivity index (χ0v) is 13.0. The SMILES string of the molecule is CCOc1ccccc1C(=O)CN(C)CCOCC1CC1. The minimum Gasteiger partial charge on any atom is -0.493 e. The molecule has 1 aliphatic rings. The molecule has 1 aromatic carbocycles. The Morgan fingerprint density at radius 3 is 2.81 bits per heavy atom. The van der Waals surface area contributed by atoms with Crippen molar-refractivity contribution in [2.45, 2.75) is 19.8 Å². The van der Waals surface area contributed by atoms with Crippen LogP contribution >= 0.6 is 0 Å². The molecule has 0 atom stereocenters. The number of carbonyl (C=O) groups is 1. The van der Waals surface area contributed by atoms with Gasteiger partial charge in [-0.05, 0) is 44.9 Å². The number of likely N-dealkylation sites (N-methyl/N-ethyl adjacent to an activating group) is 1. The fourth-order valence-corrected chi connectivity index (χ4v) is 2.14. The molecule has 2 rings (SSSR count). The molecular formula is C17H25NO3. The van der Waals surface area contributed by atoms with E-state index in [9.17, 15) is 4.79 Å². The van der Waals surface area contributed by atoms with Crippen LogP contribution in [0.25, 0.3) is 0 Å². The topological polar surface area (TPSA) is 38.8 Å². The molecule has 1 aromatic rings. The first-order valence-electron chi connectivity index (χ1n) is 7.72. The molecular weight excluding hydrogens is 266 g/mol. The normalized spacial score (nSPS) is 14.4. The van der Waals surface area contributed by atoms with Crippen molar-refractivity contribution in [2.24, 2.45) is 5.92 Å². The van der Waals surface area contributed by atoms with Crippen LogP contribution in [0.3, 0.4) is 0 Å². The van der Waals surface area contributed by atoms with Crippen LogP contribution in [-0.4, -0.2) is 50.6 Å². The van der Waals surface area contributed by atoms with Gasteiger partial charge < -0.3 is 9.47 Å². The Balaban J connectivity index is 1.76. The van der Waals surface area contributed by atoms with Crippen molar-refractivity contribution in [1.82, 2.24) is 4.90 Å². The summed E-state index contributed by atoms with van der Waals surface area (Å²) in [6.07, 6.45) is 2.62. The lowest BCUT2D eigenvalue weighted by Gasteiger charge is -2.17. The number of benzene rings is 1. The Labute approximate surface area is 127 Å². The number of hydrogen-bond acceptors (Lipinski definition) is 4. The number of carbonyl (C=O) groups excluding carboxylic acids is 1. The van der Waals surface area contributed by atoms with E-state index in [1.54, 1.807) is 0 Å². The smallest absolute Gasteiger partial charge is 0.180 e. The maximum atomic E-state index is 12.3. The lowest BCUT2D eigenvalue weighted by molar-refractivity contribution is 0.0858. The van der Waals surface area contributed by atoms with Crippen molar-refractivity contribution in [3.63, 3.8) is 0 Å². The fourth-order valence-electron chi connectivity index (χ4n) is 2.14. The van der Waals surface area contributed by atoms with Gasteiger partial charge in [0.15, 0.2) is 5.78 Å². The second kappa shape index (κ2) is 8.15. The number of ether oxygens (including phenoxy) is 2. The molecule has 0 aliphatic heterocycles. The van der Waals surface area contributed by atoms with Crippen LogP contribution in [-0.2, 0) is 4.74 Å². The van der Waals surface area contributed by atoms with Gasteiger partial charge >= 0.3 is 0 Å². The maximum Gasteiger partial charge on any atom is 0.180 e. The predicted octanol–water partition coefficient (Wildman–Crippen LogP) is 2.63. The molecule has 0 N–H and O–H groups in total. The van der Waals surface area contributed by atoms with Crippen molar-refractivity contribution in [3.05, 3.63) is 29.8 Å². The molecule has 0 spiro atoms. The van der Waals surface area contributed by atoms with Crippen molar-refractivity contribution in [2.75, 3.05) is 40.0 Å². The molecule has 1 fully saturated rings. The van der Waals surface area contributed by atoms with Gasteiger partial charge in [-0.25, -0.2) is 0 Å². The van der Waals surface area contributed by atoms with E-state index in [2.05, 4.69) is 0 Å². The average molecular weight is 291 g/mol. The quantitative estimate of drug-likeness (QED) is 0.491. The van der Waals surface area contributed by atoms with E-state index in [0.717, 1.165) is 19.1 Å². The average Bonchev–Trinajstić information content (AvgIpc) is 3.28. The highest BCUT2D eigenvalue weighted by Gasteiger charge is 2.21. The first-order valence-corrected chi connectivity index (χ1v) is 7.72. The van der Waals surface area contributed by atoms with Crippen LogP contribution < -0.4 is 4.74 Å². The van der Waals surface area contributed by atoms with Crippen molar-refractivity contribution < 1.29 is 14.3 Å². The number of hydrogen-bond donors (Lipinski definition) is 0. The van der Waals surface area contributed by atoms with E-state index in [0.29, 0.717) is 31.1 Å². The van der Waals surface area contributed by atoms with Crippen LogP contribution in [0.15, 0.2) is 24.3 Å². The van der Waals surface area contributed by atoms with Crippen LogP contribution in [0, 0.1) is 5.92 Å². The molecule has 1 aliphatic carbocycles. The summed E-state index contributed by atoms with van der Waals surface area (Å²) >= 11 is 0. The summed E-state index contributed by atoms with van der Waals surface area (Å²) in [6.45, 7) is 5.20. The van der Waals surface area contributed by atoms with Crippen LogP contribution in [0.4, 0.5) is 0 Å². The maximum absolute atomic E-state index is 12.3. The Morgan fingerprint density at radius 1 is 1.33 bits per heavy atom. The van der Waals surface area contributed by atoms with E-state index in [1.807, 2.05) is 43.1 Å². The van der Waals surface area contributed by atoms with Gasteiger partial charge in [0, 0.05) is 13.2 Å². The van der Waals surface area contributed by atoms with Crippen molar-refractivity contribution in [3.8, 4) is 5.75 Å². The standard InChI is InChI=1S/C17H25NO3/c1-3-21-17-7-5-4-6-15(17)16(19)12-18(2)10-11-20-13-14-8-9-14/h4-7,14H,3,8-13H2,1-2H3. The number of Topliss-reactive ketones (excluding diaryl/α,β-unsaturated/α-hetero) is 1. The minimum atomic E-state index is 0.0868. The van der Waals surface area contributed by atoms with Crippen LogP contribution in [0.2, 0.25) is 0 Å². The molecule has 4 nitrogen and oxygen atoms in total. The van der Waals surface area contributed by atoms with Crippen LogP contribution in [0.5, 0.6) is 5.75 Å². The highest BCUT2D eigenvalue weighted by Crippen LogP contribution is 2.28. The van der Waals surface area contributed by atoms with E-state index >= 15 is 0 Å². The van der Waals surface area contributed by atoms with E-state index in [4.69, 9.17) is 9.47 Å². The molecule has 0 aromatic heterocycles. The van der Waals surface area contributed by atoms with Gasteiger partial charge in [0.05, 0.1) is 25.3 Å². The summed E-state index contributed by atoms with van der Waals surface area (Å²) in [7, 11) is 1.95. The second-order valence-electron chi connectivity index (χ2n) is 5.61. The molecule has 116 valence electrons. The summed E-state index contributed by atoms with van der Waals surface area (Å²) in [6, 6.07) is 7.42. The van der Waals surface area contributed by atoms with Crippen LogP contribution in [0.1, 0.15) is 30.1 Å². The van der Waals surface area contributed by atoms with E-state index in [1.165, 1.54) is 12.8 Å². The first-order chi connectivity index (χ1) is 10.2. The summed E-state index contributed by atoms with van der Waals surface area (Å²) in [4.78, 5) is 14.3. The van der Waals surface area contributed by atoms with Gasteiger partial charge in [0.1, 0.15) is 5.75 Å². The molecule has 0 heterocycles. The van der Waals surface area contributed by atoms with Gasteiger partial charge in [-0.1, -0.05) is 12.1 Å². The van der Waals surface area contributed by atoms with E-state index < -0.39 is 0 Å². The number of ketones is 1. The zero-order valence-electron chi connectivity index (χ0n) is 13.0. The largest absolute Gasteiger partial charge is 0.493 e. The molecule has 0 saturated heterocycles. The van der Waals surface area contributed by atoms with Gasteiger partial charge in [-0.2, -0.15) is 0 Å². The lowest BCUT2D eigenvalue weighted by atomic mass is 10.1. The first kappa shape index (κ1) is 16.0. The molecule has 0 amide bonds. The Hall–Kier alpha value is -1.39. The highest BCUT2D eigenvalue weighted by atomic mass is 16.5. The van der Waals surface area contributed by atoms with Crippen molar-refractivity contribution >= 4 is 5.78 Å². The fraction of sp³-hybridized carbons (Fsp3) is 0.588. The third-order valence-electron chi connectivity index (χ3n) is 3.57. The lowest BCUT2D eigenvalue weighted by Crippen LogP contribution is -2.29. The predicted molar refractivity (Wildman–Crippen MR) is 83.0 cm³/mol. The third-order valence-corrected chi connectivity index (χ3v) is 3.57. The monoisotopic (exact) mass is 291 g/mol. The molecule has 0 radical (unpaired) electrons. The molecule has 1 saturated carbocycles. The Bertz CT molecular complexity index is 457. The number of nitrogens with zero attached hydrogens (tertiary/aromatic N) is 1.